The summed E-state index contributed by atoms with van der Waals surface area (Å²) in [6, 6.07) is 11.6. The molecule has 0 amide bonds. The molecule has 1 aliphatic heterocycles. The van der Waals surface area contributed by atoms with Crippen LogP contribution in [0.1, 0.15) is 32.1 Å². The fourth-order valence-electron chi connectivity index (χ4n) is 3.23. The minimum atomic E-state index is 0.0108. The van der Waals surface area contributed by atoms with Crippen molar-refractivity contribution >= 4 is 0 Å². The summed E-state index contributed by atoms with van der Waals surface area (Å²) in [5.74, 6) is 0. The maximum atomic E-state index is 12.6. The number of aryl methyl sites for hydroxylation is 1. The summed E-state index contributed by atoms with van der Waals surface area (Å²) in [5, 5.41) is 4.24. The Hall–Kier alpha value is -1.94. The van der Waals surface area contributed by atoms with Crippen molar-refractivity contribution in [3.8, 4) is 11.1 Å². The molecule has 4 nitrogen and oxygen atoms in total. The summed E-state index contributed by atoms with van der Waals surface area (Å²) in [5.41, 5.74) is 1.70. The first-order chi connectivity index (χ1) is 11.3. The van der Waals surface area contributed by atoms with Gasteiger partial charge in [0.25, 0.3) is 5.56 Å². The third-order valence-corrected chi connectivity index (χ3v) is 4.54. The zero-order chi connectivity index (χ0) is 15.9. The van der Waals surface area contributed by atoms with Crippen molar-refractivity contribution in [3.05, 3.63) is 52.9 Å². The van der Waals surface area contributed by atoms with Gasteiger partial charge in [0.1, 0.15) is 0 Å². The molecule has 1 fully saturated rings. The second-order valence-corrected chi connectivity index (χ2v) is 6.25. The van der Waals surface area contributed by atoms with Gasteiger partial charge >= 0.3 is 0 Å². The van der Waals surface area contributed by atoms with E-state index in [1.54, 1.807) is 10.9 Å². The monoisotopic (exact) mass is 311 g/mol. The Balaban J connectivity index is 1.57. The van der Waals surface area contributed by atoms with Crippen molar-refractivity contribution in [1.29, 1.82) is 0 Å². The minimum absolute atomic E-state index is 0.0108. The number of hydrogen-bond donors (Lipinski definition) is 0. The second kappa shape index (κ2) is 8.06. The predicted molar refractivity (Wildman–Crippen MR) is 93.5 cm³/mol. The maximum absolute atomic E-state index is 12.6. The van der Waals surface area contributed by atoms with E-state index in [4.69, 9.17) is 0 Å². The highest BCUT2D eigenvalue weighted by molar-refractivity contribution is 5.61. The molecule has 122 valence electrons. The number of nitrogens with zero attached hydrogens (tertiary/aromatic N) is 3. The van der Waals surface area contributed by atoms with E-state index >= 15 is 0 Å². The number of unbranched alkanes of at least 4 members (excludes halogenated alkanes) is 1. The molecule has 1 aliphatic rings. The van der Waals surface area contributed by atoms with Gasteiger partial charge in [0.2, 0.25) is 0 Å². The first-order valence-electron chi connectivity index (χ1n) is 8.68. The molecule has 0 N–H and O–H groups in total. The Labute approximate surface area is 137 Å². The Morgan fingerprint density at radius 2 is 1.65 bits per heavy atom. The lowest BCUT2D eigenvalue weighted by Gasteiger charge is -2.26. The maximum Gasteiger partial charge on any atom is 0.274 e. The van der Waals surface area contributed by atoms with E-state index < -0.39 is 0 Å². The van der Waals surface area contributed by atoms with Gasteiger partial charge in [-0.3, -0.25) is 4.79 Å². The van der Waals surface area contributed by atoms with Crippen molar-refractivity contribution in [2.45, 2.75) is 38.6 Å². The highest BCUT2D eigenvalue weighted by Crippen LogP contribution is 2.13. The molecular weight excluding hydrogens is 286 g/mol. The summed E-state index contributed by atoms with van der Waals surface area (Å²) in [4.78, 5) is 15.1. The van der Waals surface area contributed by atoms with Crippen molar-refractivity contribution in [3.63, 3.8) is 0 Å². The molecule has 0 radical (unpaired) electrons. The number of likely N-dealkylation sites (tertiary alicyclic amines) is 1. The van der Waals surface area contributed by atoms with Crippen molar-refractivity contribution < 1.29 is 0 Å². The van der Waals surface area contributed by atoms with E-state index in [1.807, 2.05) is 36.4 Å². The summed E-state index contributed by atoms with van der Waals surface area (Å²) in [6.07, 6.45) is 7.90. The molecule has 0 spiro atoms. The molecule has 1 aromatic carbocycles. The molecule has 4 heteroatoms. The van der Waals surface area contributed by atoms with Crippen LogP contribution in [-0.2, 0) is 6.54 Å². The average molecular weight is 311 g/mol. The number of hydrogen-bond acceptors (Lipinski definition) is 3. The molecular formula is C19H25N3O. The zero-order valence-corrected chi connectivity index (χ0v) is 13.7. The fourth-order valence-corrected chi connectivity index (χ4v) is 3.23. The van der Waals surface area contributed by atoms with E-state index in [2.05, 4.69) is 10.00 Å². The normalized spacial score (nSPS) is 15.7. The first kappa shape index (κ1) is 15.9. The summed E-state index contributed by atoms with van der Waals surface area (Å²) < 4.78 is 1.61. The van der Waals surface area contributed by atoms with Gasteiger partial charge in [-0.1, -0.05) is 36.8 Å². The third-order valence-electron chi connectivity index (χ3n) is 4.54. The van der Waals surface area contributed by atoms with Crippen LogP contribution in [0.25, 0.3) is 11.1 Å². The lowest BCUT2D eigenvalue weighted by atomic mass is 10.1. The number of rotatable bonds is 6. The molecule has 0 atom stereocenters. The van der Waals surface area contributed by atoms with Gasteiger partial charge in [0, 0.05) is 12.7 Å². The molecule has 1 aromatic heterocycles. The van der Waals surface area contributed by atoms with Crippen LogP contribution < -0.4 is 5.56 Å². The van der Waals surface area contributed by atoms with Gasteiger partial charge in [0.15, 0.2) is 0 Å². The molecule has 0 unspecified atom stereocenters. The van der Waals surface area contributed by atoms with E-state index in [9.17, 15) is 4.79 Å². The number of benzene rings is 1. The quantitative estimate of drug-likeness (QED) is 0.769. The summed E-state index contributed by atoms with van der Waals surface area (Å²) in [6.45, 7) is 4.32. The lowest BCUT2D eigenvalue weighted by molar-refractivity contribution is 0.223. The predicted octanol–water partition coefficient (Wildman–Crippen LogP) is 3.18. The molecule has 0 saturated carbocycles. The van der Waals surface area contributed by atoms with Crippen LogP contribution in [0.3, 0.4) is 0 Å². The van der Waals surface area contributed by atoms with Gasteiger partial charge < -0.3 is 4.90 Å². The van der Waals surface area contributed by atoms with Crippen LogP contribution in [0.5, 0.6) is 0 Å². The van der Waals surface area contributed by atoms with Crippen molar-refractivity contribution in [2.75, 3.05) is 19.6 Å². The number of piperidine rings is 1. The zero-order valence-electron chi connectivity index (χ0n) is 13.7. The van der Waals surface area contributed by atoms with Crippen molar-refractivity contribution in [1.82, 2.24) is 14.7 Å². The van der Waals surface area contributed by atoms with Gasteiger partial charge in [-0.25, -0.2) is 4.68 Å². The summed E-state index contributed by atoms with van der Waals surface area (Å²) in [7, 11) is 0. The fraction of sp³-hybridized carbons (Fsp3) is 0.474. The van der Waals surface area contributed by atoms with Gasteiger partial charge in [-0.05, 0) is 56.9 Å². The van der Waals surface area contributed by atoms with E-state index in [0.29, 0.717) is 6.54 Å². The molecule has 23 heavy (non-hydrogen) atoms. The smallest absolute Gasteiger partial charge is 0.274 e. The topological polar surface area (TPSA) is 38.1 Å². The third kappa shape index (κ3) is 4.29. The largest absolute Gasteiger partial charge is 0.303 e. The highest BCUT2D eigenvalue weighted by Gasteiger charge is 2.10. The Morgan fingerprint density at radius 3 is 2.43 bits per heavy atom. The molecule has 1 saturated heterocycles. The Morgan fingerprint density at radius 1 is 0.913 bits per heavy atom. The highest BCUT2D eigenvalue weighted by atomic mass is 16.1. The lowest BCUT2D eigenvalue weighted by Crippen LogP contribution is -2.31. The molecule has 2 aromatic rings. The van der Waals surface area contributed by atoms with Gasteiger partial charge in [-0.2, -0.15) is 5.10 Å². The second-order valence-electron chi connectivity index (χ2n) is 6.25. The van der Waals surface area contributed by atoms with Crippen LogP contribution in [-0.4, -0.2) is 34.3 Å². The SMILES string of the molecule is O=c1c(-c2ccccc2)ccnn1CCCCN1CCCCC1. The van der Waals surface area contributed by atoms with Gasteiger partial charge in [0.05, 0.1) is 5.56 Å². The van der Waals surface area contributed by atoms with Crippen LogP contribution >= 0.6 is 0 Å². The van der Waals surface area contributed by atoms with E-state index in [-0.39, 0.29) is 5.56 Å². The molecule has 3 rings (SSSR count). The van der Waals surface area contributed by atoms with Crippen LogP contribution in [0.2, 0.25) is 0 Å². The minimum Gasteiger partial charge on any atom is -0.303 e. The average Bonchev–Trinajstić information content (AvgIpc) is 2.61. The van der Waals surface area contributed by atoms with Crippen LogP contribution in [0, 0.1) is 0 Å². The standard InChI is InChI=1S/C19H25N3O/c23-19-18(17-9-3-1-4-10-17)11-12-20-22(19)16-8-7-15-21-13-5-2-6-14-21/h1,3-4,9-12H,2,5-8,13-16H2. The van der Waals surface area contributed by atoms with E-state index in [0.717, 1.165) is 30.5 Å². The Bertz CT molecular complexity index is 660. The summed E-state index contributed by atoms with van der Waals surface area (Å²) >= 11 is 0. The first-order valence-corrected chi connectivity index (χ1v) is 8.68. The van der Waals surface area contributed by atoms with Crippen molar-refractivity contribution in [2.24, 2.45) is 0 Å². The van der Waals surface area contributed by atoms with Crippen LogP contribution in [0.15, 0.2) is 47.4 Å². The molecule has 0 aliphatic carbocycles. The molecule has 0 bridgehead atoms. The molecule has 2 heterocycles. The van der Waals surface area contributed by atoms with E-state index in [1.165, 1.54) is 32.4 Å². The van der Waals surface area contributed by atoms with Crippen LogP contribution in [0.4, 0.5) is 0 Å². The van der Waals surface area contributed by atoms with Gasteiger partial charge in [-0.15, -0.1) is 0 Å². The Kier molecular flexibility index (Phi) is 5.59. The number of aromatic nitrogens is 2.